The molecule has 1 aromatic heterocycles. The van der Waals surface area contributed by atoms with E-state index in [4.69, 9.17) is 28.2 Å². The van der Waals surface area contributed by atoms with Gasteiger partial charge in [0, 0.05) is 29.2 Å². The van der Waals surface area contributed by atoms with Gasteiger partial charge in [-0.3, -0.25) is 0 Å². The summed E-state index contributed by atoms with van der Waals surface area (Å²) in [7, 11) is 0. The first-order chi connectivity index (χ1) is 16.9. The van der Waals surface area contributed by atoms with Crippen LogP contribution in [0.15, 0.2) is 65.3 Å². The maximum absolute atomic E-state index is 13.8. The smallest absolute Gasteiger partial charge is 0.147 e. The molecule has 3 aromatic rings. The number of benzene rings is 2. The molecule has 1 N–H and O–H groups in total. The Hall–Kier alpha value is -2.28. The van der Waals surface area contributed by atoms with Crippen molar-refractivity contribution in [3.8, 4) is 0 Å². The Morgan fingerprint density at radius 3 is 2.43 bits per heavy atom. The van der Waals surface area contributed by atoms with Gasteiger partial charge in [-0.05, 0) is 49.3 Å². The lowest BCUT2D eigenvalue weighted by atomic mass is 9.77. The van der Waals surface area contributed by atoms with Crippen molar-refractivity contribution in [2.24, 2.45) is 5.41 Å². The monoisotopic (exact) mass is 528 g/mol. The second-order valence-electron chi connectivity index (χ2n) is 9.33. The van der Waals surface area contributed by atoms with Crippen LogP contribution in [0.1, 0.15) is 44.1 Å². The molecule has 2 heterocycles. The van der Waals surface area contributed by atoms with Crippen LogP contribution in [0.2, 0.25) is 10.0 Å². The lowest BCUT2D eigenvalue weighted by Crippen LogP contribution is -2.39. The largest absolute Gasteiger partial charge is 0.355 e. The van der Waals surface area contributed by atoms with Gasteiger partial charge < -0.3 is 10.2 Å². The van der Waals surface area contributed by atoms with Crippen LogP contribution in [-0.2, 0) is 0 Å². The standard InChI is InChI=1S/C27H27Cl2FN4S/c1-18(19-6-4-7-20(30)25(19)28)33-21-8-5-9-22(26(21)29)35-24-17-31-23(16-32-24)34-14-12-27(13-15-34)10-2-3-11-27/h4-9,16-17,33H,1-3,10-15H2. The zero-order chi connectivity index (χ0) is 24.4. The highest BCUT2D eigenvalue weighted by atomic mass is 35.5. The number of aromatic nitrogens is 2. The zero-order valence-corrected chi connectivity index (χ0v) is 21.7. The van der Waals surface area contributed by atoms with Crippen LogP contribution >= 0.6 is 35.0 Å². The van der Waals surface area contributed by atoms with Gasteiger partial charge >= 0.3 is 0 Å². The minimum absolute atomic E-state index is 0.0223. The lowest BCUT2D eigenvalue weighted by Gasteiger charge is -2.39. The zero-order valence-electron chi connectivity index (χ0n) is 19.4. The highest BCUT2D eigenvalue weighted by Crippen LogP contribution is 2.46. The Morgan fingerprint density at radius 1 is 0.971 bits per heavy atom. The Bertz CT molecular complexity index is 1220. The van der Waals surface area contributed by atoms with Crippen molar-refractivity contribution >= 4 is 52.2 Å². The molecular weight excluding hydrogens is 502 g/mol. The van der Waals surface area contributed by atoms with Gasteiger partial charge in [0.15, 0.2) is 0 Å². The average molecular weight is 530 g/mol. The third-order valence-corrected chi connectivity index (χ3v) is 9.05. The van der Waals surface area contributed by atoms with Crippen LogP contribution in [0.25, 0.3) is 5.70 Å². The molecule has 0 unspecified atom stereocenters. The van der Waals surface area contributed by atoms with Crippen LogP contribution in [0.5, 0.6) is 0 Å². The average Bonchev–Trinajstić information content (AvgIpc) is 3.32. The summed E-state index contributed by atoms with van der Waals surface area (Å²) in [6.07, 6.45) is 11.7. The van der Waals surface area contributed by atoms with Gasteiger partial charge in [0.1, 0.15) is 16.7 Å². The van der Waals surface area contributed by atoms with Crippen molar-refractivity contribution in [1.29, 1.82) is 0 Å². The number of anilines is 2. The fraction of sp³-hybridized carbons (Fsp3) is 0.333. The van der Waals surface area contributed by atoms with Crippen LogP contribution < -0.4 is 10.2 Å². The molecule has 1 aliphatic heterocycles. The topological polar surface area (TPSA) is 41.1 Å². The van der Waals surface area contributed by atoms with E-state index in [0.717, 1.165) is 28.8 Å². The molecule has 4 nitrogen and oxygen atoms in total. The van der Waals surface area contributed by atoms with Gasteiger partial charge in [-0.15, -0.1) is 0 Å². The van der Waals surface area contributed by atoms with Crippen molar-refractivity contribution in [3.63, 3.8) is 0 Å². The molecule has 0 radical (unpaired) electrons. The fourth-order valence-electron chi connectivity index (χ4n) is 5.13. The first-order valence-corrected chi connectivity index (χ1v) is 13.5. The molecule has 5 rings (SSSR count). The first-order valence-electron chi connectivity index (χ1n) is 11.9. The minimum atomic E-state index is -0.493. The summed E-state index contributed by atoms with van der Waals surface area (Å²) in [5, 5.41) is 4.47. The molecule has 8 heteroatoms. The Morgan fingerprint density at radius 2 is 1.71 bits per heavy atom. The molecule has 1 saturated carbocycles. The number of piperidine rings is 1. The summed E-state index contributed by atoms with van der Waals surface area (Å²) in [5.41, 5.74) is 2.18. The van der Waals surface area contributed by atoms with E-state index in [-0.39, 0.29) is 5.02 Å². The lowest BCUT2D eigenvalue weighted by molar-refractivity contribution is 0.226. The third kappa shape index (κ3) is 5.30. The predicted octanol–water partition coefficient (Wildman–Crippen LogP) is 8.32. The van der Waals surface area contributed by atoms with Crippen LogP contribution in [0.3, 0.4) is 0 Å². The van der Waals surface area contributed by atoms with E-state index < -0.39 is 5.82 Å². The predicted molar refractivity (Wildman–Crippen MR) is 144 cm³/mol. The molecule has 2 aliphatic rings. The SMILES string of the molecule is C=C(Nc1cccc(Sc2cnc(N3CCC4(CCCC4)CC3)cn2)c1Cl)c1cccc(F)c1Cl. The summed E-state index contributed by atoms with van der Waals surface area (Å²) < 4.78 is 13.8. The van der Waals surface area contributed by atoms with Crippen molar-refractivity contribution < 1.29 is 4.39 Å². The highest BCUT2D eigenvalue weighted by Gasteiger charge is 2.37. The van der Waals surface area contributed by atoms with E-state index in [2.05, 4.69) is 21.8 Å². The van der Waals surface area contributed by atoms with Crippen LogP contribution in [0, 0.1) is 11.2 Å². The molecule has 0 atom stereocenters. The molecule has 0 bridgehead atoms. The number of hydrogen-bond donors (Lipinski definition) is 1. The summed E-state index contributed by atoms with van der Waals surface area (Å²) >= 11 is 14.2. The Balaban J connectivity index is 1.25. The van der Waals surface area contributed by atoms with Gasteiger partial charge in [0.25, 0.3) is 0 Å². The van der Waals surface area contributed by atoms with Gasteiger partial charge in [0.2, 0.25) is 0 Å². The minimum Gasteiger partial charge on any atom is -0.355 e. The summed E-state index contributed by atoms with van der Waals surface area (Å²) in [6.45, 7) is 6.11. The number of hydrogen-bond acceptors (Lipinski definition) is 5. The maximum atomic E-state index is 13.8. The van der Waals surface area contributed by atoms with Crippen molar-refractivity contribution in [2.75, 3.05) is 23.3 Å². The molecule has 0 amide bonds. The summed E-state index contributed by atoms with van der Waals surface area (Å²) in [5.74, 6) is 0.444. The molecule has 1 aliphatic carbocycles. The Kier molecular flexibility index (Phi) is 7.24. The van der Waals surface area contributed by atoms with E-state index in [9.17, 15) is 4.39 Å². The van der Waals surface area contributed by atoms with E-state index >= 15 is 0 Å². The van der Waals surface area contributed by atoms with E-state index in [1.165, 1.54) is 56.4 Å². The number of nitrogens with one attached hydrogen (secondary N) is 1. The van der Waals surface area contributed by atoms with E-state index in [1.807, 2.05) is 30.6 Å². The van der Waals surface area contributed by atoms with Crippen molar-refractivity contribution in [3.05, 3.63) is 76.8 Å². The maximum Gasteiger partial charge on any atom is 0.147 e. The molecule has 35 heavy (non-hydrogen) atoms. The van der Waals surface area contributed by atoms with Crippen molar-refractivity contribution in [2.45, 2.75) is 48.4 Å². The Labute approximate surface area is 220 Å². The first kappa shape index (κ1) is 24.4. The van der Waals surface area contributed by atoms with E-state index in [1.54, 1.807) is 12.1 Å². The fourth-order valence-corrected chi connectivity index (χ4v) is 6.44. The van der Waals surface area contributed by atoms with Crippen molar-refractivity contribution in [1.82, 2.24) is 9.97 Å². The number of rotatable bonds is 6. The second-order valence-corrected chi connectivity index (χ2v) is 11.1. The normalized spacial score (nSPS) is 17.1. The number of nitrogens with zero attached hydrogens (tertiary/aromatic N) is 3. The van der Waals surface area contributed by atoms with Gasteiger partial charge in [-0.1, -0.05) is 72.6 Å². The van der Waals surface area contributed by atoms with Gasteiger partial charge in [-0.2, -0.15) is 0 Å². The molecule has 1 spiro atoms. The third-order valence-electron chi connectivity index (χ3n) is 7.17. The van der Waals surface area contributed by atoms with Crippen LogP contribution in [-0.4, -0.2) is 23.1 Å². The van der Waals surface area contributed by atoms with Crippen LogP contribution in [0.4, 0.5) is 15.9 Å². The van der Waals surface area contributed by atoms with Gasteiger partial charge in [-0.25, -0.2) is 14.4 Å². The summed E-state index contributed by atoms with van der Waals surface area (Å²) in [4.78, 5) is 12.5. The number of halogens is 3. The second kappa shape index (κ2) is 10.4. The molecule has 2 aromatic carbocycles. The molecular formula is C27H27Cl2FN4S. The molecule has 182 valence electrons. The molecule has 1 saturated heterocycles. The highest BCUT2D eigenvalue weighted by molar-refractivity contribution is 7.99. The summed E-state index contributed by atoms with van der Waals surface area (Å²) in [6, 6.07) is 10.3. The quantitative estimate of drug-likeness (QED) is 0.348. The molecule has 2 fully saturated rings. The van der Waals surface area contributed by atoms with E-state index in [0.29, 0.717) is 27.4 Å². The van der Waals surface area contributed by atoms with Gasteiger partial charge in [0.05, 0.1) is 28.1 Å².